The lowest BCUT2D eigenvalue weighted by Gasteiger charge is -2.09. The van der Waals surface area contributed by atoms with Crippen LogP contribution in [0.1, 0.15) is 11.3 Å². The monoisotopic (exact) mass is 238 g/mol. The lowest BCUT2D eigenvalue weighted by atomic mass is 10.2. The molecule has 1 heterocycles. The minimum Gasteiger partial charge on any atom is -0.337 e. The lowest BCUT2D eigenvalue weighted by molar-refractivity contribution is 0.973. The molecule has 2 rings (SSSR count). The first-order chi connectivity index (χ1) is 7.09. The maximum Gasteiger partial charge on any atom is 0.182 e. The van der Waals surface area contributed by atoms with E-state index in [1.54, 1.807) is 0 Å². The fourth-order valence-corrected chi connectivity index (χ4v) is 2.05. The number of halogens is 1. The molecular formula is C11H11ClN2S. The number of aryl methyl sites for hydroxylation is 2. The van der Waals surface area contributed by atoms with Gasteiger partial charge in [0.25, 0.3) is 0 Å². The van der Waals surface area contributed by atoms with Gasteiger partial charge in [0, 0.05) is 16.9 Å². The smallest absolute Gasteiger partial charge is 0.182 e. The van der Waals surface area contributed by atoms with Crippen LogP contribution in [0, 0.1) is 18.6 Å². The van der Waals surface area contributed by atoms with E-state index in [-0.39, 0.29) is 0 Å². The molecule has 0 atom stereocenters. The normalized spacial score (nSPS) is 10.6. The third-order valence-electron chi connectivity index (χ3n) is 2.37. The Labute approximate surface area is 98.5 Å². The molecule has 0 bridgehead atoms. The minimum absolute atomic E-state index is 0.692. The van der Waals surface area contributed by atoms with Crippen LogP contribution in [0.5, 0.6) is 0 Å². The van der Waals surface area contributed by atoms with Crippen molar-refractivity contribution in [1.82, 2.24) is 9.55 Å². The maximum absolute atomic E-state index is 5.98. The molecule has 0 aliphatic carbocycles. The van der Waals surface area contributed by atoms with Gasteiger partial charge in [0.2, 0.25) is 0 Å². The summed E-state index contributed by atoms with van der Waals surface area (Å²) < 4.78 is 2.68. The maximum atomic E-state index is 5.98. The van der Waals surface area contributed by atoms with E-state index in [9.17, 15) is 0 Å². The topological polar surface area (TPSA) is 20.7 Å². The summed E-state index contributed by atoms with van der Waals surface area (Å²) in [6.07, 6.45) is 1.89. The van der Waals surface area contributed by atoms with Gasteiger partial charge in [-0.05, 0) is 43.8 Å². The van der Waals surface area contributed by atoms with Gasteiger partial charge in [0.1, 0.15) is 0 Å². The molecule has 15 heavy (non-hydrogen) atoms. The fraction of sp³-hybridized carbons (Fsp3) is 0.182. The predicted molar refractivity (Wildman–Crippen MR) is 65.4 cm³/mol. The molecule has 0 radical (unpaired) electrons. The molecule has 4 heteroatoms. The van der Waals surface area contributed by atoms with Crippen molar-refractivity contribution in [2.45, 2.75) is 13.8 Å². The second-order valence-corrected chi connectivity index (χ2v) is 4.32. The number of nitrogens with zero attached hydrogens (tertiary/aromatic N) is 1. The summed E-state index contributed by atoms with van der Waals surface area (Å²) >= 11 is 11.2. The molecule has 0 fully saturated rings. The average molecular weight is 239 g/mol. The molecular weight excluding hydrogens is 228 g/mol. The van der Waals surface area contributed by atoms with Gasteiger partial charge in [-0.25, -0.2) is 0 Å². The SMILES string of the molecule is Cc1ccc(Cl)cc1-n1c(C)c[nH]c1=S. The van der Waals surface area contributed by atoms with Gasteiger partial charge in [-0.2, -0.15) is 0 Å². The molecule has 1 aromatic heterocycles. The molecule has 0 aliphatic rings. The number of nitrogens with one attached hydrogen (secondary N) is 1. The molecule has 2 nitrogen and oxygen atoms in total. The number of aromatic nitrogens is 2. The molecule has 1 aromatic carbocycles. The van der Waals surface area contributed by atoms with E-state index in [4.69, 9.17) is 23.8 Å². The Hall–Kier alpha value is -1.06. The number of H-pyrrole nitrogens is 1. The zero-order valence-electron chi connectivity index (χ0n) is 8.54. The number of hydrogen-bond acceptors (Lipinski definition) is 1. The first kappa shape index (κ1) is 10.5. The zero-order chi connectivity index (χ0) is 11.0. The highest BCUT2D eigenvalue weighted by Crippen LogP contribution is 2.21. The van der Waals surface area contributed by atoms with Crippen molar-refractivity contribution >= 4 is 23.8 Å². The number of aromatic amines is 1. The second-order valence-electron chi connectivity index (χ2n) is 3.50. The Morgan fingerprint density at radius 1 is 1.33 bits per heavy atom. The van der Waals surface area contributed by atoms with Crippen LogP contribution in [0.25, 0.3) is 5.69 Å². The Morgan fingerprint density at radius 3 is 2.67 bits per heavy atom. The molecule has 0 aliphatic heterocycles. The molecule has 0 unspecified atom stereocenters. The molecule has 1 N–H and O–H groups in total. The Kier molecular flexibility index (Phi) is 2.67. The molecule has 0 saturated carbocycles. The van der Waals surface area contributed by atoms with E-state index in [0.29, 0.717) is 4.77 Å². The Balaban J connectivity index is 2.74. The predicted octanol–water partition coefficient (Wildman–Crippen LogP) is 3.81. The van der Waals surface area contributed by atoms with Crippen molar-refractivity contribution < 1.29 is 0 Å². The number of rotatable bonds is 1. The average Bonchev–Trinajstić information content (AvgIpc) is 2.51. The van der Waals surface area contributed by atoms with Crippen molar-refractivity contribution in [2.75, 3.05) is 0 Å². The van der Waals surface area contributed by atoms with Crippen LogP contribution in [-0.2, 0) is 0 Å². The summed E-state index contributed by atoms with van der Waals surface area (Å²) in [5, 5.41) is 0.720. The van der Waals surface area contributed by atoms with Crippen LogP contribution in [-0.4, -0.2) is 9.55 Å². The van der Waals surface area contributed by atoms with Crippen LogP contribution < -0.4 is 0 Å². The summed E-state index contributed by atoms with van der Waals surface area (Å²) in [5.41, 5.74) is 3.26. The van der Waals surface area contributed by atoms with E-state index < -0.39 is 0 Å². The van der Waals surface area contributed by atoms with Crippen molar-refractivity contribution in [3.05, 3.63) is 45.4 Å². The van der Waals surface area contributed by atoms with Gasteiger partial charge < -0.3 is 4.98 Å². The third kappa shape index (κ3) is 1.85. The summed E-state index contributed by atoms with van der Waals surface area (Å²) in [6.45, 7) is 4.05. The molecule has 78 valence electrons. The summed E-state index contributed by atoms with van der Waals surface area (Å²) in [4.78, 5) is 3.02. The van der Waals surface area contributed by atoms with Gasteiger partial charge in [0.15, 0.2) is 4.77 Å². The van der Waals surface area contributed by atoms with E-state index in [1.807, 2.05) is 42.8 Å². The summed E-state index contributed by atoms with van der Waals surface area (Å²) in [5.74, 6) is 0. The van der Waals surface area contributed by atoms with Crippen molar-refractivity contribution in [3.63, 3.8) is 0 Å². The van der Waals surface area contributed by atoms with Crippen LogP contribution in [0.2, 0.25) is 5.02 Å². The fourth-order valence-electron chi connectivity index (χ4n) is 1.58. The van der Waals surface area contributed by atoms with Gasteiger partial charge in [-0.3, -0.25) is 4.57 Å². The van der Waals surface area contributed by atoms with E-state index in [0.717, 1.165) is 22.0 Å². The quantitative estimate of drug-likeness (QED) is 0.750. The number of benzene rings is 1. The summed E-state index contributed by atoms with van der Waals surface area (Å²) in [6, 6.07) is 5.80. The first-order valence-corrected chi connectivity index (χ1v) is 5.42. The van der Waals surface area contributed by atoms with Gasteiger partial charge in [0.05, 0.1) is 5.69 Å². The second kappa shape index (κ2) is 3.83. The molecule has 0 amide bonds. The molecule has 2 aromatic rings. The number of hydrogen-bond donors (Lipinski definition) is 1. The van der Waals surface area contributed by atoms with Crippen LogP contribution in [0.4, 0.5) is 0 Å². The first-order valence-electron chi connectivity index (χ1n) is 4.63. The zero-order valence-corrected chi connectivity index (χ0v) is 10.1. The standard InChI is InChI=1S/C11H11ClN2S/c1-7-3-4-9(12)5-10(7)14-8(2)6-13-11(14)15/h3-6H,1-2H3,(H,13,15). The Morgan fingerprint density at radius 2 is 2.07 bits per heavy atom. The van der Waals surface area contributed by atoms with Gasteiger partial charge in [-0.15, -0.1) is 0 Å². The highest BCUT2D eigenvalue weighted by atomic mass is 35.5. The van der Waals surface area contributed by atoms with Gasteiger partial charge in [-0.1, -0.05) is 17.7 Å². The van der Waals surface area contributed by atoms with Crippen LogP contribution in [0.3, 0.4) is 0 Å². The van der Waals surface area contributed by atoms with Crippen molar-refractivity contribution in [1.29, 1.82) is 0 Å². The van der Waals surface area contributed by atoms with E-state index in [1.165, 1.54) is 0 Å². The lowest BCUT2D eigenvalue weighted by Crippen LogP contribution is -1.99. The highest BCUT2D eigenvalue weighted by Gasteiger charge is 2.05. The molecule has 0 spiro atoms. The largest absolute Gasteiger partial charge is 0.337 e. The van der Waals surface area contributed by atoms with E-state index >= 15 is 0 Å². The number of imidazole rings is 1. The van der Waals surface area contributed by atoms with Crippen LogP contribution >= 0.6 is 23.8 Å². The van der Waals surface area contributed by atoms with Crippen molar-refractivity contribution in [3.8, 4) is 5.69 Å². The van der Waals surface area contributed by atoms with E-state index in [2.05, 4.69) is 4.98 Å². The Bertz CT molecular complexity index is 554. The minimum atomic E-state index is 0.692. The van der Waals surface area contributed by atoms with Gasteiger partial charge >= 0.3 is 0 Å². The highest BCUT2D eigenvalue weighted by molar-refractivity contribution is 7.71. The van der Waals surface area contributed by atoms with Crippen molar-refractivity contribution in [2.24, 2.45) is 0 Å². The molecule has 0 saturated heterocycles. The summed E-state index contributed by atoms with van der Waals surface area (Å²) in [7, 11) is 0. The van der Waals surface area contributed by atoms with Crippen LogP contribution in [0.15, 0.2) is 24.4 Å². The third-order valence-corrected chi connectivity index (χ3v) is 2.91.